The third-order valence-corrected chi connectivity index (χ3v) is 3.21. The lowest BCUT2D eigenvalue weighted by Gasteiger charge is -2.08. The predicted octanol–water partition coefficient (Wildman–Crippen LogP) is 2.51. The van der Waals surface area contributed by atoms with E-state index in [1.54, 1.807) is 11.1 Å². The second-order valence-corrected chi connectivity index (χ2v) is 4.13. The Morgan fingerprint density at radius 3 is 3.00 bits per heavy atom. The van der Waals surface area contributed by atoms with Crippen LogP contribution in [0.25, 0.3) is 0 Å². The molecule has 1 nitrogen and oxygen atoms in total. The van der Waals surface area contributed by atoms with Gasteiger partial charge in [-0.05, 0) is 36.3 Å². The van der Waals surface area contributed by atoms with E-state index in [0.717, 1.165) is 12.5 Å². The highest BCUT2D eigenvalue weighted by molar-refractivity contribution is 5.34. The minimum absolute atomic E-state index is 0.580. The van der Waals surface area contributed by atoms with Crippen molar-refractivity contribution < 1.29 is 4.74 Å². The molecule has 2 aliphatic rings. The van der Waals surface area contributed by atoms with Crippen LogP contribution in [-0.4, -0.2) is 12.7 Å². The summed E-state index contributed by atoms with van der Waals surface area (Å²) in [5, 5.41) is 0. The van der Waals surface area contributed by atoms with Crippen LogP contribution in [0.15, 0.2) is 24.3 Å². The van der Waals surface area contributed by atoms with E-state index < -0.39 is 0 Å². The molecule has 0 N–H and O–H groups in total. The van der Waals surface area contributed by atoms with E-state index in [-0.39, 0.29) is 0 Å². The van der Waals surface area contributed by atoms with Gasteiger partial charge in [0.25, 0.3) is 0 Å². The summed E-state index contributed by atoms with van der Waals surface area (Å²) in [5.41, 5.74) is 3.14. The van der Waals surface area contributed by atoms with Gasteiger partial charge in [-0.1, -0.05) is 24.3 Å². The zero-order chi connectivity index (χ0) is 8.67. The van der Waals surface area contributed by atoms with E-state index in [2.05, 4.69) is 24.3 Å². The molecule has 13 heavy (non-hydrogen) atoms. The molecule has 0 amide bonds. The van der Waals surface area contributed by atoms with E-state index in [0.29, 0.717) is 6.10 Å². The van der Waals surface area contributed by atoms with Crippen LogP contribution in [0.3, 0.4) is 0 Å². The molecule has 1 saturated heterocycles. The van der Waals surface area contributed by atoms with Gasteiger partial charge in [0.2, 0.25) is 0 Å². The van der Waals surface area contributed by atoms with Crippen LogP contribution in [0, 0.1) is 0 Å². The van der Waals surface area contributed by atoms with Crippen LogP contribution >= 0.6 is 0 Å². The molecule has 2 atom stereocenters. The number of benzene rings is 1. The topological polar surface area (TPSA) is 12.5 Å². The molecule has 1 fully saturated rings. The van der Waals surface area contributed by atoms with E-state index in [1.807, 2.05) is 0 Å². The van der Waals surface area contributed by atoms with Gasteiger partial charge < -0.3 is 4.74 Å². The minimum atomic E-state index is 0.580. The molecular formula is C12H14O. The summed E-state index contributed by atoms with van der Waals surface area (Å²) in [7, 11) is 0. The number of fused-ring (bicyclic) bond motifs is 1. The van der Waals surface area contributed by atoms with Gasteiger partial charge in [-0.2, -0.15) is 0 Å². The maximum absolute atomic E-state index is 5.29. The minimum Gasteiger partial charge on any atom is -0.373 e. The Morgan fingerprint density at radius 1 is 1.31 bits per heavy atom. The largest absolute Gasteiger partial charge is 0.373 e. The molecule has 1 aliphatic heterocycles. The van der Waals surface area contributed by atoms with E-state index >= 15 is 0 Å². The molecule has 0 saturated carbocycles. The standard InChI is InChI=1S/C12H14O/c1-2-4-12-9(3-1)5-6-10(12)7-11-8-13-11/h1-4,10-11H,5-8H2. The van der Waals surface area contributed by atoms with Crippen LogP contribution in [0.5, 0.6) is 0 Å². The van der Waals surface area contributed by atoms with Crippen molar-refractivity contribution in [3.63, 3.8) is 0 Å². The Balaban J connectivity index is 1.84. The molecule has 0 bridgehead atoms. The van der Waals surface area contributed by atoms with Crippen molar-refractivity contribution in [1.82, 2.24) is 0 Å². The third-order valence-electron chi connectivity index (χ3n) is 3.21. The van der Waals surface area contributed by atoms with Gasteiger partial charge in [0.05, 0.1) is 12.7 Å². The van der Waals surface area contributed by atoms with Gasteiger partial charge in [0, 0.05) is 0 Å². The monoisotopic (exact) mass is 174 g/mol. The first kappa shape index (κ1) is 7.57. The van der Waals surface area contributed by atoms with Gasteiger partial charge in [0.1, 0.15) is 0 Å². The molecule has 1 heterocycles. The van der Waals surface area contributed by atoms with E-state index in [9.17, 15) is 0 Å². The summed E-state index contributed by atoms with van der Waals surface area (Å²) in [6.07, 6.45) is 4.43. The second kappa shape index (κ2) is 2.85. The Morgan fingerprint density at radius 2 is 2.15 bits per heavy atom. The molecule has 0 aromatic heterocycles. The van der Waals surface area contributed by atoms with Crippen molar-refractivity contribution >= 4 is 0 Å². The Bertz CT molecular complexity index is 315. The van der Waals surface area contributed by atoms with Crippen molar-refractivity contribution in [3.8, 4) is 0 Å². The predicted molar refractivity (Wildman–Crippen MR) is 51.9 cm³/mol. The number of hydrogen-bond acceptors (Lipinski definition) is 1. The number of ether oxygens (including phenoxy) is 1. The first-order valence-electron chi connectivity index (χ1n) is 5.13. The summed E-state index contributed by atoms with van der Waals surface area (Å²) in [5.74, 6) is 0.781. The maximum Gasteiger partial charge on any atom is 0.0815 e. The molecule has 0 radical (unpaired) electrons. The van der Waals surface area contributed by atoms with Crippen molar-refractivity contribution in [3.05, 3.63) is 35.4 Å². The van der Waals surface area contributed by atoms with Crippen molar-refractivity contribution in [2.75, 3.05) is 6.61 Å². The molecule has 68 valence electrons. The van der Waals surface area contributed by atoms with Crippen LogP contribution in [0.4, 0.5) is 0 Å². The second-order valence-electron chi connectivity index (χ2n) is 4.13. The highest BCUT2D eigenvalue weighted by atomic mass is 16.6. The fourth-order valence-electron chi connectivity index (χ4n) is 2.41. The lowest BCUT2D eigenvalue weighted by atomic mass is 9.96. The highest BCUT2D eigenvalue weighted by Gasteiger charge is 2.30. The molecule has 1 aromatic rings. The SMILES string of the molecule is c1ccc2c(c1)CCC2CC1CO1. The normalized spacial score (nSPS) is 30.2. The van der Waals surface area contributed by atoms with Crippen molar-refractivity contribution in [2.45, 2.75) is 31.3 Å². The molecule has 3 rings (SSSR count). The van der Waals surface area contributed by atoms with Crippen molar-refractivity contribution in [2.24, 2.45) is 0 Å². The summed E-state index contributed by atoms with van der Waals surface area (Å²) in [6.45, 7) is 0.999. The first-order chi connectivity index (χ1) is 6.43. The molecule has 1 aliphatic carbocycles. The maximum atomic E-state index is 5.29. The summed E-state index contributed by atoms with van der Waals surface area (Å²) >= 11 is 0. The lowest BCUT2D eigenvalue weighted by molar-refractivity contribution is 0.379. The summed E-state index contributed by atoms with van der Waals surface area (Å²) in [4.78, 5) is 0. The fraction of sp³-hybridized carbons (Fsp3) is 0.500. The number of aryl methyl sites for hydroxylation is 1. The Kier molecular flexibility index (Phi) is 1.66. The van der Waals surface area contributed by atoms with E-state index in [4.69, 9.17) is 4.74 Å². The number of epoxide rings is 1. The van der Waals surface area contributed by atoms with Crippen LogP contribution in [0.1, 0.15) is 29.9 Å². The lowest BCUT2D eigenvalue weighted by Crippen LogP contribution is -1.97. The summed E-state index contributed by atoms with van der Waals surface area (Å²) < 4.78 is 5.29. The smallest absolute Gasteiger partial charge is 0.0815 e. The molecule has 2 unspecified atom stereocenters. The van der Waals surface area contributed by atoms with Crippen LogP contribution in [0.2, 0.25) is 0 Å². The fourth-order valence-corrected chi connectivity index (χ4v) is 2.41. The highest BCUT2D eigenvalue weighted by Crippen LogP contribution is 2.38. The van der Waals surface area contributed by atoms with Crippen molar-refractivity contribution in [1.29, 1.82) is 0 Å². The first-order valence-corrected chi connectivity index (χ1v) is 5.13. The molecule has 1 aromatic carbocycles. The molecule has 0 spiro atoms. The zero-order valence-corrected chi connectivity index (χ0v) is 7.70. The Hall–Kier alpha value is -0.820. The summed E-state index contributed by atoms with van der Waals surface area (Å²) in [6, 6.07) is 8.86. The number of rotatable bonds is 2. The third kappa shape index (κ3) is 1.37. The average molecular weight is 174 g/mol. The van der Waals surface area contributed by atoms with Gasteiger partial charge >= 0.3 is 0 Å². The van der Waals surface area contributed by atoms with Gasteiger partial charge in [-0.3, -0.25) is 0 Å². The number of hydrogen-bond donors (Lipinski definition) is 0. The van der Waals surface area contributed by atoms with E-state index in [1.165, 1.54) is 19.3 Å². The molecular weight excluding hydrogens is 160 g/mol. The van der Waals surface area contributed by atoms with Gasteiger partial charge in [-0.25, -0.2) is 0 Å². The van der Waals surface area contributed by atoms with Crippen LogP contribution < -0.4 is 0 Å². The van der Waals surface area contributed by atoms with Gasteiger partial charge in [0.15, 0.2) is 0 Å². The zero-order valence-electron chi connectivity index (χ0n) is 7.70. The average Bonchev–Trinajstić information content (AvgIpc) is 2.88. The van der Waals surface area contributed by atoms with Gasteiger partial charge in [-0.15, -0.1) is 0 Å². The Labute approximate surface area is 78.7 Å². The molecule has 1 heteroatoms. The van der Waals surface area contributed by atoms with Crippen LogP contribution in [-0.2, 0) is 11.2 Å². The quantitative estimate of drug-likeness (QED) is 0.627.